The molecule has 0 N–H and O–H groups in total. The van der Waals surface area contributed by atoms with Gasteiger partial charge in [-0.1, -0.05) is 11.6 Å². The van der Waals surface area contributed by atoms with Crippen LogP contribution in [0.3, 0.4) is 0 Å². The number of ether oxygens (including phenoxy) is 1. The fourth-order valence-corrected chi connectivity index (χ4v) is 1.94. The molecule has 2 heterocycles. The highest BCUT2D eigenvalue weighted by Gasteiger charge is 2.26. The predicted octanol–water partition coefficient (Wildman–Crippen LogP) is 0.636. The van der Waals surface area contributed by atoms with Gasteiger partial charge in [0, 0.05) is 0 Å². The first-order valence-corrected chi connectivity index (χ1v) is 5.43. The Morgan fingerprint density at radius 1 is 1.62 bits per heavy atom. The molecule has 1 aromatic rings. The predicted molar refractivity (Wildman–Crippen MR) is 48.1 cm³/mol. The maximum absolute atomic E-state index is 11.5. The van der Waals surface area contributed by atoms with Gasteiger partial charge in [-0.3, -0.25) is 4.21 Å². The molecule has 2 rings (SSSR count). The third kappa shape index (κ3) is 2.46. The minimum atomic E-state index is -1.17. The van der Waals surface area contributed by atoms with Crippen LogP contribution in [0.1, 0.15) is 0 Å². The van der Waals surface area contributed by atoms with Crippen LogP contribution in [0.2, 0.25) is 5.02 Å². The number of rotatable bonds is 3. The lowest BCUT2D eigenvalue weighted by Crippen LogP contribution is -2.07. The van der Waals surface area contributed by atoms with Crippen molar-refractivity contribution in [3.8, 4) is 0 Å². The molecule has 4 nitrogen and oxygen atoms in total. The lowest BCUT2D eigenvalue weighted by Gasteiger charge is -1.96. The van der Waals surface area contributed by atoms with Gasteiger partial charge in [-0.15, -0.1) is 0 Å². The molecule has 6 heteroatoms. The number of halogens is 1. The quantitative estimate of drug-likeness (QED) is 0.552. The summed E-state index contributed by atoms with van der Waals surface area (Å²) in [7, 11) is -1.17. The second kappa shape index (κ2) is 3.69. The van der Waals surface area contributed by atoms with E-state index in [1.54, 1.807) is 0 Å². The fraction of sp³-hybridized carbons (Fsp3) is 0.429. The Morgan fingerprint density at radius 3 is 2.77 bits per heavy atom. The molecule has 0 spiro atoms. The normalized spacial score (nSPS) is 22.7. The number of hydrogen-bond donors (Lipinski definition) is 0. The standard InChI is InChI=1S/C7H7ClN2O2S/c8-5-1-9-7(10-2-5)13(11)4-6-3-12-6/h1-2,6H,3-4H2. The molecule has 0 aromatic carbocycles. The number of nitrogens with zero attached hydrogens (tertiary/aromatic N) is 2. The summed E-state index contributed by atoms with van der Waals surface area (Å²) in [6.07, 6.45) is 3.01. The highest BCUT2D eigenvalue weighted by atomic mass is 35.5. The summed E-state index contributed by atoms with van der Waals surface area (Å²) in [5.74, 6) is 0.474. The van der Waals surface area contributed by atoms with Gasteiger partial charge in [0.2, 0.25) is 5.16 Å². The molecule has 0 saturated carbocycles. The molecule has 0 radical (unpaired) electrons. The van der Waals surface area contributed by atoms with Crippen LogP contribution in [0.4, 0.5) is 0 Å². The molecule has 1 fully saturated rings. The van der Waals surface area contributed by atoms with Gasteiger partial charge >= 0.3 is 0 Å². The zero-order valence-corrected chi connectivity index (χ0v) is 8.22. The van der Waals surface area contributed by atoms with Gasteiger partial charge in [0.15, 0.2) is 0 Å². The van der Waals surface area contributed by atoms with Crippen LogP contribution in [0.15, 0.2) is 17.6 Å². The highest BCUT2D eigenvalue weighted by molar-refractivity contribution is 7.84. The molecular formula is C7H7ClN2O2S. The van der Waals surface area contributed by atoms with Gasteiger partial charge in [-0.05, 0) is 0 Å². The van der Waals surface area contributed by atoms with Crippen molar-refractivity contribution >= 4 is 22.4 Å². The summed E-state index contributed by atoms with van der Waals surface area (Å²) in [5, 5.41) is 0.767. The Hall–Kier alpha value is -0.520. The topological polar surface area (TPSA) is 55.4 Å². The van der Waals surface area contributed by atoms with Crippen molar-refractivity contribution < 1.29 is 8.95 Å². The minimum Gasteiger partial charge on any atom is -0.372 e. The van der Waals surface area contributed by atoms with Gasteiger partial charge in [0.25, 0.3) is 0 Å². The van der Waals surface area contributed by atoms with E-state index < -0.39 is 10.8 Å². The van der Waals surface area contributed by atoms with Gasteiger partial charge in [-0.2, -0.15) is 0 Å². The Labute approximate surface area is 82.8 Å². The molecule has 0 aliphatic carbocycles. The third-order valence-corrected chi connectivity index (χ3v) is 3.03. The molecule has 2 atom stereocenters. The van der Waals surface area contributed by atoms with Crippen LogP contribution in [0.25, 0.3) is 0 Å². The van der Waals surface area contributed by atoms with E-state index in [1.807, 2.05) is 0 Å². The summed E-state index contributed by atoms with van der Waals surface area (Å²) in [4.78, 5) is 7.72. The smallest absolute Gasteiger partial charge is 0.218 e. The fourth-order valence-electron chi connectivity index (χ4n) is 0.826. The average molecular weight is 219 g/mol. The molecule has 1 aliphatic heterocycles. The monoisotopic (exact) mass is 218 g/mol. The van der Waals surface area contributed by atoms with Gasteiger partial charge in [0.1, 0.15) is 0 Å². The van der Waals surface area contributed by atoms with Crippen molar-refractivity contribution in [2.24, 2.45) is 0 Å². The van der Waals surface area contributed by atoms with Crippen LogP contribution >= 0.6 is 11.6 Å². The van der Waals surface area contributed by atoms with Crippen molar-refractivity contribution in [2.75, 3.05) is 12.4 Å². The summed E-state index contributed by atoms with van der Waals surface area (Å²) < 4.78 is 16.4. The maximum Gasteiger partial charge on any atom is 0.218 e. The van der Waals surface area contributed by atoms with E-state index >= 15 is 0 Å². The lowest BCUT2D eigenvalue weighted by molar-refractivity contribution is 0.424. The molecule has 2 unspecified atom stereocenters. The van der Waals surface area contributed by atoms with E-state index in [2.05, 4.69) is 9.97 Å². The Morgan fingerprint density at radius 2 is 2.23 bits per heavy atom. The molecule has 13 heavy (non-hydrogen) atoms. The minimum absolute atomic E-state index is 0.125. The largest absolute Gasteiger partial charge is 0.372 e. The number of hydrogen-bond acceptors (Lipinski definition) is 4. The van der Waals surface area contributed by atoms with Gasteiger partial charge in [0.05, 0.1) is 46.7 Å². The van der Waals surface area contributed by atoms with Crippen LogP contribution < -0.4 is 0 Å². The van der Waals surface area contributed by atoms with E-state index in [0.29, 0.717) is 22.5 Å². The Kier molecular flexibility index (Phi) is 2.57. The van der Waals surface area contributed by atoms with Gasteiger partial charge < -0.3 is 4.74 Å². The Bertz CT molecular complexity index is 326. The van der Waals surface area contributed by atoms with E-state index in [1.165, 1.54) is 12.4 Å². The molecular weight excluding hydrogens is 212 g/mol. The van der Waals surface area contributed by atoms with Crippen molar-refractivity contribution in [3.05, 3.63) is 17.4 Å². The van der Waals surface area contributed by atoms with E-state index in [9.17, 15) is 4.21 Å². The summed E-state index contributed by atoms with van der Waals surface area (Å²) in [6, 6.07) is 0. The summed E-state index contributed by atoms with van der Waals surface area (Å²) >= 11 is 5.59. The molecule has 0 bridgehead atoms. The highest BCUT2D eigenvalue weighted by Crippen LogP contribution is 2.13. The molecule has 1 aromatic heterocycles. The van der Waals surface area contributed by atoms with E-state index in [0.717, 1.165) is 0 Å². The summed E-state index contributed by atoms with van der Waals surface area (Å²) in [5.41, 5.74) is 0. The molecule has 1 saturated heterocycles. The van der Waals surface area contributed by atoms with Crippen LogP contribution in [-0.2, 0) is 15.5 Å². The van der Waals surface area contributed by atoms with Crippen molar-refractivity contribution in [2.45, 2.75) is 11.3 Å². The van der Waals surface area contributed by atoms with Crippen molar-refractivity contribution in [3.63, 3.8) is 0 Å². The van der Waals surface area contributed by atoms with Gasteiger partial charge in [-0.25, -0.2) is 9.97 Å². The van der Waals surface area contributed by atoms with Crippen LogP contribution in [0, 0.1) is 0 Å². The molecule has 0 amide bonds. The number of aromatic nitrogens is 2. The SMILES string of the molecule is O=S(CC1CO1)c1ncc(Cl)cn1. The molecule has 70 valence electrons. The maximum atomic E-state index is 11.5. The number of epoxide rings is 1. The lowest BCUT2D eigenvalue weighted by atomic mass is 10.6. The third-order valence-electron chi connectivity index (χ3n) is 1.54. The van der Waals surface area contributed by atoms with Crippen molar-refractivity contribution in [1.82, 2.24) is 9.97 Å². The second-order valence-corrected chi connectivity index (χ2v) is 4.48. The van der Waals surface area contributed by atoms with Crippen LogP contribution in [-0.4, -0.2) is 32.6 Å². The summed E-state index contributed by atoms with van der Waals surface area (Å²) in [6.45, 7) is 0.694. The van der Waals surface area contributed by atoms with Crippen LogP contribution in [0.5, 0.6) is 0 Å². The first kappa shape index (κ1) is 9.05. The zero-order chi connectivity index (χ0) is 9.26. The first-order chi connectivity index (χ1) is 6.25. The Balaban J connectivity index is 2.05. The first-order valence-electron chi connectivity index (χ1n) is 3.73. The zero-order valence-electron chi connectivity index (χ0n) is 6.64. The van der Waals surface area contributed by atoms with E-state index in [-0.39, 0.29) is 6.10 Å². The molecule has 1 aliphatic rings. The van der Waals surface area contributed by atoms with E-state index in [4.69, 9.17) is 16.3 Å². The second-order valence-electron chi connectivity index (χ2n) is 2.65. The van der Waals surface area contributed by atoms with Crippen molar-refractivity contribution in [1.29, 1.82) is 0 Å². The average Bonchev–Trinajstić information content (AvgIpc) is 2.89.